The molecule has 2 aromatic rings. The van der Waals surface area contributed by atoms with Gasteiger partial charge in [0.05, 0.1) is 12.2 Å². The van der Waals surface area contributed by atoms with Crippen LogP contribution in [0.1, 0.15) is 76.3 Å². The highest BCUT2D eigenvalue weighted by atomic mass is 16.5. The number of hydrogen-bond acceptors (Lipinski definition) is 4. The van der Waals surface area contributed by atoms with Crippen molar-refractivity contribution in [2.24, 2.45) is 0 Å². The number of para-hydroxylation sites is 1. The number of hydrogen-bond donors (Lipinski definition) is 1. The average molecular weight is 448 g/mol. The van der Waals surface area contributed by atoms with Gasteiger partial charge in [0.15, 0.2) is 5.78 Å². The third-order valence-corrected chi connectivity index (χ3v) is 6.46. The molecular weight excluding hydrogens is 414 g/mol. The van der Waals surface area contributed by atoms with Gasteiger partial charge in [-0.2, -0.15) is 0 Å². The number of carbonyl (C=O) groups is 2. The van der Waals surface area contributed by atoms with E-state index < -0.39 is 0 Å². The molecule has 3 atom stereocenters. The van der Waals surface area contributed by atoms with Crippen LogP contribution < -0.4 is 14.8 Å². The van der Waals surface area contributed by atoms with Crippen molar-refractivity contribution in [1.82, 2.24) is 5.32 Å². The van der Waals surface area contributed by atoms with Crippen LogP contribution in [0.15, 0.2) is 59.8 Å². The lowest BCUT2D eigenvalue weighted by Crippen LogP contribution is -2.38. The zero-order valence-electron chi connectivity index (χ0n) is 19.9. The van der Waals surface area contributed by atoms with Crippen LogP contribution in [0.25, 0.3) is 0 Å². The molecule has 0 radical (unpaired) electrons. The van der Waals surface area contributed by atoms with E-state index in [0.29, 0.717) is 12.8 Å². The van der Waals surface area contributed by atoms with Crippen molar-refractivity contribution in [3.05, 3.63) is 70.9 Å². The van der Waals surface area contributed by atoms with Gasteiger partial charge in [-0.1, -0.05) is 37.3 Å². The maximum atomic E-state index is 13.4. The first-order chi connectivity index (χ1) is 15.9. The number of benzene rings is 2. The van der Waals surface area contributed by atoms with Crippen LogP contribution in [0.2, 0.25) is 0 Å². The Morgan fingerprint density at radius 3 is 2.36 bits per heavy atom. The molecule has 1 heterocycles. The SMILES string of the molecule is CCC(C)Oc1ccccc1C1CC(=O)NC2=C1C(=O)CC(c1ccc(OC(C)C)cc1)C2. The third-order valence-electron chi connectivity index (χ3n) is 6.46. The van der Waals surface area contributed by atoms with Gasteiger partial charge in [0.1, 0.15) is 11.5 Å². The number of rotatable bonds is 7. The van der Waals surface area contributed by atoms with E-state index in [0.717, 1.165) is 40.3 Å². The molecule has 2 aromatic carbocycles. The van der Waals surface area contributed by atoms with Gasteiger partial charge >= 0.3 is 0 Å². The summed E-state index contributed by atoms with van der Waals surface area (Å²) in [6, 6.07) is 15.8. The summed E-state index contributed by atoms with van der Waals surface area (Å²) in [5, 5.41) is 3.01. The lowest BCUT2D eigenvalue weighted by molar-refractivity contribution is -0.122. The van der Waals surface area contributed by atoms with Crippen LogP contribution in [-0.4, -0.2) is 23.9 Å². The Morgan fingerprint density at radius 2 is 1.67 bits per heavy atom. The van der Waals surface area contributed by atoms with Gasteiger partial charge < -0.3 is 14.8 Å². The molecule has 1 N–H and O–H groups in total. The van der Waals surface area contributed by atoms with Gasteiger partial charge in [-0.05, 0) is 63.3 Å². The first-order valence-corrected chi connectivity index (χ1v) is 11.9. The minimum atomic E-state index is -0.274. The summed E-state index contributed by atoms with van der Waals surface area (Å²) in [5.74, 6) is 1.39. The number of ketones is 1. The normalized spacial score (nSPS) is 21.5. The van der Waals surface area contributed by atoms with Crippen LogP contribution in [0.3, 0.4) is 0 Å². The fourth-order valence-corrected chi connectivity index (χ4v) is 4.73. The summed E-state index contributed by atoms with van der Waals surface area (Å²) in [6.45, 7) is 8.10. The van der Waals surface area contributed by atoms with E-state index in [1.165, 1.54) is 0 Å². The molecule has 0 aromatic heterocycles. The van der Waals surface area contributed by atoms with Gasteiger partial charge in [0.2, 0.25) is 5.91 Å². The molecule has 0 saturated carbocycles. The molecule has 2 aliphatic rings. The fraction of sp³-hybridized carbons (Fsp3) is 0.429. The van der Waals surface area contributed by atoms with E-state index in [1.54, 1.807) is 0 Å². The quantitative estimate of drug-likeness (QED) is 0.595. The van der Waals surface area contributed by atoms with E-state index in [9.17, 15) is 9.59 Å². The smallest absolute Gasteiger partial charge is 0.225 e. The standard InChI is InChI=1S/C28H33NO4/c1-5-18(4)33-26-9-7-6-8-22(26)23-16-27(31)29-24-14-20(15-25(30)28(23)24)19-10-12-21(13-11-19)32-17(2)3/h6-13,17-18,20,23H,5,14-16H2,1-4H3,(H,29,31). The molecule has 1 aliphatic carbocycles. The monoisotopic (exact) mass is 447 g/mol. The van der Waals surface area contributed by atoms with E-state index in [4.69, 9.17) is 9.47 Å². The highest BCUT2D eigenvalue weighted by Gasteiger charge is 2.39. The lowest BCUT2D eigenvalue weighted by atomic mass is 9.73. The van der Waals surface area contributed by atoms with Crippen LogP contribution in [0, 0.1) is 0 Å². The van der Waals surface area contributed by atoms with Crippen molar-refractivity contribution in [3.8, 4) is 11.5 Å². The molecule has 0 fully saturated rings. The Morgan fingerprint density at radius 1 is 0.939 bits per heavy atom. The Kier molecular flexibility index (Phi) is 6.87. The first kappa shape index (κ1) is 23.1. The van der Waals surface area contributed by atoms with Crippen LogP contribution >= 0.6 is 0 Å². The molecule has 3 unspecified atom stereocenters. The molecule has 0 bridgehead atoms. The molecule has 0 spiro atoms. The summed E-state index contributed by atoms with van der Waals surface area (Å²) in [4.78, 5) is 26.1. The minimum absolute atomic E-state index is 0.0370. The summed E-state index contributed by atoms with van der Waals surface area (Å²) in [7, 11) is 0. The molecule has 1 amide bonds. The second kappa shape index (κ2) is 9.82. The van der Waals surface area contributed by atoms with Crippen molar-refractivity contribution < 1.29 is 19.1 Å². The number of allylic oxidation sites excluding steroid dienone is 2. The number of nitrogens with one attached hydrogen (secondary N) is 1. The summed E-state index contributed by atoms with van der Waals surface area (Å²) in [5.41, 5.74) is 3.51. The van der Waals surface area contributed by atoms with E-state index in [2.05, 4.69) is 12.2 Å². The van der Waals surface area contributed by atoms with Crippen molar-refractivity contribution in [1.29, 1.82) is 0 Å². The highest BCUT2D eigenvalue weighted by Crippen LogP contribution is 2.44. The minimum Gasteiger partial charge on any atom is -0.491 e. The molecule has 1 aliphatic heterocycles. The highest BCUT2D eigenvalue weighted by molar-refractivity contribution is 6.02. The van der Waals surface area contributed by atoms with E-state index in [-0.39, 0.29) is 42.2 Å². The van der Waals surface area contributed by atoms with Crippen LogP contribution in [0.5, 0.6) is 11.5 Å². The van der Waals surface area contributed by atoms with Gasteiger partial charge in [-0.3, -0.25) is 9.59 Å². The predicted octanol–water partition coefficient (Wildman–Crippen LogP) is 5.66. The molecule has 33 heavy (non-hydrogen) atoms. The molecule has 174 valence electrons. The Balaban J connectivity index is 1.63. The molecule has 5 heteroatoms. The van der Waals surface area contributed by atoms with Crippen molar-refractivity contribution in [2.75, 3.05) is 0 Å². The van der Waals surface area contributed by atoms with Gasteiger partial charge in [0, 0.05) is 35.6 Å². The Bertz CT molecular complexity index is 1050. The van der Waals surface area contributed by atoms with Crippen molar-refractivity contribution in [3.63, 3.8) is 0 Å². The number of ether oxygens (including phenoxy) is 2. The van der Waals surface area contributed by atoms with Gasteiger partial charge in [-0.25, -0.2) is 0 Å². The Hall–Kier alpha value is -3.08. The number of Topliss-reactive ketones (excluding diaryl/α,β-unsaturated/α-hetero) is 1. The van der Waals surface area contributed by atoms with Gasteiger partial charge in [0.25, 0.3) is 0 Å². The zero-order valence-corrected chi connectivity index (χ0v) is 19.9. The first-order valence-electron chi connectivity index (χ1n) is 11.9. The number of carbonyl (C=O) groups excluding carboxylic acids is 2. The van der Waals surface area contributed by atoms with Crippen LogP contribution in [0.4, 0.5) is 0 Å². The van der Waals surface area contributed by atoms with E-state index in [1.807, 2.05) is 69.3 Å². The molecule has 0 saturated heterocycles. The summed E-state index contributed by atoms with van der Waals surface area (Å²) in [6.07, 6.45) is 2.39. The average Bonchev–Trinajstić information content (AvgIpc) is 2.78. The maximum Gasteiger partial charge on any atom is 0.225 e. The predicted molar refractivity (Wildman–Crippen MR) is 129 cm³/mol. The third kappa shape index (κ3) is 5.13. The molecule has 4 rings (SSSR count). The summed E-state index contributed by atoms with van der Waals surface area (Å²) >= 11 is 0. The van der Waals surface area contributed by atoms with Crippen LogP contribution in [-0.2, 0) is 9.59 Å². The topological polar surface area (TPSA) is 64.6 Å². The molecular formula is C28H33NO4. The lowest BCUT2D eigenvalue weighted by Gasteiger charge is -2.35. The van der Waals surface area contributed by atoms with Gasteiger partial charge in [-0.15, -0.1) is 0 Å². The maximum absolute atomic E-state index is 13.4. The largest absolute Gasteiger partial charge is 0.491 e. The second-order valence-electron chi connectivity index (χ2n) is 9.34. The van der Waals surface area contributed by atoms with E-state index >= 15 is 0 Å². The zero-order chi connectivity index (χ0) is 23.5. The second-order valence-corrected chi connectivity index (χ2v) is 9.34. The summed E-state index contributed by atoms with van der Waals surface area (Å²) < 4.78 is 11.9. The number of amides is 1. The molecule has 5 nitrogen and oxygen atoms in total. The Labute approximate surface area is 196 Å². The van der Waals surface area contributed by atoms with Crippen molar-refractivity contribution in [2.45, 2.75) is 77.4 Å². The van der Waals surface area contributed by atoms with Crippen molar-refractivity contribution >= 4 is 11.7 Å². The fourth-order valence-electron chi connectivity index (χ4n) is 4.73.